The van der Waals surface area contributed by atoms with E-state index in [1.165, 1.54) is 19.3 Å². The van der Waals surface area contributed by atoms with Gasteiger partial charge in [-0.05, 0) is 31.4 Å². The fourth-order valence-corrected chi connectivity index (χ4v) is 4.18. The molecule has 3 heterocycles. The summed E-state index contributed by atoms with van der Waals surface area (Å²) >= 11 is 0. The van der Waals surface area contributed by atoms with Crippen molar-refractivity contribution >= 4 is 11.7 Å². The van der Waals surface area contributed by atoms with Gasteiger partial charge in [0, 0.05) is 24.1 Å². The molecule has 132 valence electrons. The first-order valence-corrected chi connectivity index (χ1v) is 9.05. The van der Waals surface area contributed by atoms with Gasteiger partial charge in [0.2, 0.25) is 5.91 Å². The minimum atomic E-state index is -0.0244. The van der Waals surface area contributed by atoms with Crippen molar-refractivity contribution in [3.63, 3.8) is 0 Å². The fourth-order valence-electron chi connectivity index (χ4n) is 4.18. The predicted octanol–water partition coefficient (Wildman–Crippen LogP) is 3.57. The van der Waals surface area contributed by atoms with Crippen LogP contribution in [0.25, 0.3) is 0 Å². The number of carbonyl (C=O) groups excluding carboxylic acids is 1. The van der Waals surface area contributed by atoms with Gasteiger partial charge in [0.15, 0.2) is 0 Å². The molecular weight excluding hydrogens is 316 g/mol. The maximum absolute atomic E-state index is 12.4. The van der Waals surface area contributed by atoms with Gasteiger partial charge < -0.3 is 10.1 Å². The van der Waals surface area contributed by atoms with E-state index in [1.54, 1.807) is 13.3 Å². The Hall–Kier alpha value is -2.37. The molecule has 4 rings (SSSR count). The molecule has 1 N–H and O–H groups in total. The Kier molecular flexibility index (Phi) is 4.19. The second-order valence-electron chi connectivity index (χ2n) is 7.05. The van der Waals surface area contributed by atoms with E-state index in [9.17, 15) is 4.79 Å². The Balaban J connectivity index is 1.78. The summed E-state index contributed by atoms with van der Waals surface area (Å²) in [5, 5.41) is 7.90. The molecule has 1 aliphatic carbocycles. The van der Waals surface area contributed by atoms with Gasteiger partial charge in [-0.3, -0.25) is 9.78 Å². The lowest BCUT2D eigenvalue weighted by Gasteiger charge is -2.28. The van der Waals surface area contributed by atoms with Crippen molar-refractivity contribution in [3.8, 4) is 5.75 Å². The summed E-state index contributed by atoms with van der Waals surface area (Å²) in [6.45, 7) is 2.04. The maximum Gasteiger partial charge on any atom is 0.226 e. The van der Waals surface area contributed by atoms with Gasteiger partial charge in [-0.25, -0.2) is 4.68 Å². The van der Waals surface area contributed by atoms with Gasteiger partial charge in [0.1, 0.15) is 11.6 Å². The van der Waals surface area contributed by atoms with Crippen LogP contribution in [0.2, 0.25) is 0 Å². The van der Waals surface area contributed by atoms with Crippen LogP contribution < -0.4 is 10.1 Å². The minimum absolute atomic E-state index is 0.0244. The highest BCUT2D eigenvalue weighted by molar-refractivity contribution is 5.94. The number of pyridine rings is 1. The lowest BCUT2D eigenvalue weighted by atomic mass is 9.86. The number of ether oxygens (including phenoxy) is 1. The third-order valence-electron chi connectivity index (χ3n) is 5.42. The highest BCUT2D eigenvalue weighted by Gasteiger charge is 2.34. The van der Waals surface area contributed by atoms with Crippen molar-refractivity contribution in [2.24, 2.45) is 0 Å². The standard InChI is InChI=1S/C19H24N4O2/c1-12-18-16(13-8-15(25-2)11-20-10-13)9-17(24)21-19(18)23(22-12)14-6-4-3-5-7-14/h8,10-11,14,16H,3-7,9H2,1-2H3,(H,21,24). The van der Waals surface area contributed by atoms with Gasteiger partial charge in [-0.1, -0.05) is 19.3 Å². The highest BCUT2D eigenvalue weighted by Crippen LogP contribution is 2.42. The smallest absolute Gasteiger partial charge is 0.226 e. The van der Waals surface area contributed by atoms with Gasteiger partial charge >= 0.3 is 0 Å². The van der Waals surface area contributed by atoms with Crippen molar-refractivity contribution in [1.82, 2.24) is 14.8 Å². The second kappa shape index (κ2) is 6.50. The number of carbonyl (C=O) groups is 1. The quantitative estimate of drug-likeness (QED) is 0.927. The van der Waals surface area contributed by atoms with E-state index < -0.39 is 0 Å². The van der Waals surface area contributed by atoms with E-state index in [0.29, 0.717) is 18.2 Å². The molecule has 1 amide bonds. The zero-order chi connectivity index (χ0) is 17.4. The number of hydrogen-bond acceptors (Lipinski definition) is 4. The van der Waals surface area contributed by atoms with Gasteiger partial charge in [0.05, 0.1) is 25.0 Å². The Morgan fingerprint density at radius 2 is 2.04 bits per heavy atom. The first-order valence-electron chi connectivity index (χ1n) is 9.05. The number of fused-ring (bicyclic) bond motifs is 1. The summed E-state index contributed by atoms with van der Waals surface area (Å²) in [7, 11) is 1.63. The minimum Gasteiger partial charge on any atom is -0.495 e. The number of aryl methyl sites for hydroxylation is 1. The third-order valence-corrected chi connectivity index (χ3v) is 5.42. The van der Waals surface area contributed by atoms with Crippen LogP contribution in [0.5, 0.6) is 5.75 Å². The average Bonchev–Trinajstić information content (AvgIpc) is 2.98. The van der Waals surface area contributed by atoms with E-state index in [-0.39, 0.29) is 11.8 Å². The molecule has 6 nitrogen and oxygen atoms in total. The molecule has 1 atom stereocenters. The number of methoxy groups -OCH3 is 1. The molecule has 2 aromatic heterocycles. The molecule has 0 saturated heterocycles. The monoisotopic (exact) mass is 340 g/mol. The van der Waals surface area contributed by atoms with Crippen LogP contribution in [0.1, 0.15) is 67.3 Å². The number of nitrogens with zero attached hydrogens (tertiary/aromatic N) is 3. The van der Waals surface area contributed by atoms with Crippen LogP contribution in [0.15, 0.2) is 18.5 Å². The molecule has 1 aliphatic heterocycles. The van der Waals surface area contributed by atoms with Crippen LogP contribution in [0, 0.1) is 6.92 Å². The Morgan fingerprint density at radius 1 is 1.24 bits per heavy atom. The molecular formula is C19H24N4O2. The Bertz CT molecular complexity index is 793. The fraction of sp³-hybridized carbons (Fsp3) is 0.526. The summed E-state index contributed by atoms with van der Waals surface area (Å²) in [6.07, 6.45) is 9.95. The van der Waals surface area contributed by atoms with E-state index in [0.717, 1.165) is 35.5 Å². The van der Waals surface area contributed by atoms with E-state index in [4.69, 9.17) is 9.84 Å². The van der Waals surface area contributed by atoms with Crippen molar-refractivity contribution in [2.45, 2.75) is 57.4 Å². The predicted molar refractivity (Wildman–Crippen MR) is 95.0 cm³/mol. The lowest BCUT2D eigenvalue weighted by molar-refractivity contribution is -0.116. The molecule has 2 aliphatic rings. The summed E-state index contributed by atoms with van der Waals surface area (Å²) < 4.78 is 7.38. The van der Waals surface area contributed by atoms with Crippen molar-refractivity contribution in [3.05, 3.63) is 35.3 Å². The molecule has 1 fully saturated rings. The first-order chi connectivity index (χ1) is 12.2. The normalized spacial score (nSPS) is 20.9. The number of rotatable bonds is 3. The largest absolute Gasteiger partial charge is 0.495 e. The zero-order valence-electron chi connectivity index (χ0n) is 14.8. The number of amides is 1. The first kappa shape index (κ1) is 16.1. The van der Waals surface area contributed by atoms with Crippen molar-refractivity contribution in [2.75, 3.05) is 12.4 Å². The molecule has 2 aromatic rings. The van der Waals surface area contributed by atoms with Crippen molar-refractivity contribution in [1.29, 1.82) is 0 Å². The number of aromatic nitrogens is 3. The van der Waals surface area contributed by atoms with Crippen LogP contribution in [-0.2, 0) is 4.79 Å². The summed E-state index contributed by atoms with van der Waals surface area (Å²) in [4.78, 5) is 16.7. The lowest BCUT2D eigenvalue weighted by Crippen LogP contribution is -2.26. The van der Waals surface area contributed by atoms with Gasteiger partial charge in [0.25, 0.3) is 0 Å². The average molecular weight is 340 g/mol. The van der Waals surface area contributed by atoms with Crippen LogP contribution in [0.3, 0.4) is 0 Å². The number of hydrogen-bond donors (Lipinski definition) is 1. The van der Waals surface area contributed by atoms with Gasteiger partial charge in [-0.15, -0.1) is 0 Å². The van der Waals surface area contributed by atoms with E-state index in [1.807, 2.05) is 19.2 Å². The van der Waals surface area contributed by atoms with E-state index >= 15 is 0 Å². The molecule has 0 radical (unpaired) electrons. The summed E-state index contributed by atoms with van der Waals surface area (Å²) in [5.41, 5.74) is 3.12. The SMILES string of the molecule is COc1cncc(C2CC(=O)Nc3c2c(C)nn3C2CCCCC2)c1. The zero-order valence-corrected chi connectivity index (χ0v) is 14.8. The Morgan fingerprint density at radius 3 is 2.80 bits per heavy atom. The van der Waals surface area contributed by atoms with Gasteiger partial charge in [-0.2, -0.15) is 5.10 Å². The molecule has 25 heavy (non-hydrogen) atoms. The van der Waals surface area contributed by atoms with Crippen LogP contribution in [-0.4, -0.2) is 27.8 Å². The second-order valence-corrected chi connectivity index (χ2v) is 7.05. The highest BCUT2D eigenvalue weighted by atomic mass is 16.5. The van der Waals surface area contributed by atoms with Crippen LogP contribution in [0.4, 0.5) is 5.82 Å². The summed E-state index contributed by atoms with van der Waals surface area (Å²) in [6, 6.07) is 2.36. The molecule has 0 aromatic carbocycles. The third kappa shape index (κ3) is 2.90. The topological polar surface area (TPSA) is 69.0 Å². The molecule has 1 saturated carbocycles. The van der Waals surface area contributed by atoms with E-state index in [2.05, 4.69) is 15.0 Å². The maximum atomic E-state index is 12.4. The summed E-state index contributed by atoms with van der Waals surface area (Å²) in [5.74, 6) is 1.61. The molecule has 0 spiro atoms. The Labute approximate surface area is 147 Å². The molecule has 0 bridgehead atoms. The number of anilines is 1. The van der Waals surface area contributed by atoms with Crippen molar-refractivity contribution < 1.29 is 9.53 Å². The van der Waals surface area contributed by atoms with Crippen LogP contribution >= 0.6 is 0 Å². The molecule has 6 heteroatoms. The number of nitrogens with one attached hydrogen (secondary N) is 1. The molecule has 1 unspecified atom stereocenters.